The monoisotopic (exact) mass is 838 g/mol. The number of Topliss-reactive ketones (excluding diaryl/α,β-unsaturated/α-hetero) is 1. The Morgan fingerprint density at radius 1 is 0.661 bits per heavy atom. The number of hydrogen-bond acceptors (Lipinski definition) is 6. The number of carbonyl (C=O) groups is 1. The van der Waals surface area contributed by atoms with Crippen molar-refractivity contribution in [1.82, 2.24) is 0 Å². The number of nitrogens with zero attached hydrogens (tertiary/aromatic N) is 1. The van der Waals surface area contributed by atoms with Crippen LogP contribution < -0.4 is 26.5 Å². The third-order valence-corrected chi connectivity index (χ3v) is 15.4. The molecule has 3 aliphatic heterocycles. The normalized spacial score (nSPS) is 21.1. The summed E-state index contributed by atoms with van der Waals surface area (Å²) in [6, 6.07) is 34.0. The number of ether oxygens (including phenoxy) is 1. The lowest BCUT2D eigenvalue weighted by Crippen LogP contribution is -2.46. The molecule has 0 amide bonds. The van der Waals surface area contributed by atoms with E-state index in [2.05, 4.69) is 101 Å². The number of halogens is 2. The van der Waals surface area contributed by atoms with Crippen molar-refractivity contribution < 1.29 is 9.53 Å². The molecule has 2 bridgehead atoms. The van der Waals surface area contributed by atoms with Gasteiger partial charge in [-0.25, -0.2) is 4.99 Å². The van der Waals surface area contributed by atoms with Crippen molar-refractivity contribution in [2.45, 2.75) is 37.0 Å². The van der Waals surface area contributed by atoms with E-state index in [9.17, 15) is 0 Å². The molecular weight excluding hydrogens is 808 g/mol. The number of benzene rings is 7. The lowest BCUT2D eigenvalue weighted by Gasteiger charge is -2.43. The molecule has 0 saturated heterocycles. The van der Waals surface area contributed by atoms with Crippen LogP contribution in [0.25, 0.3) is 49.4 Å². The van der Waals surface area contributed by atoms with Gasteiger partial charge in [-0.05, 0) is 99.7 Å². The van der Waals surface area contributed by atoms with Crippen LogP contribution in [-0.2, 0) is 46.5 Å². The molecule has 0 saturated carbocycles. The summed E-state index contributed by atoms with van der Waals surface area (Å²) in [5, 5.41) is 19.5. The Balaban J connectivity index is 1.08. The second-order valence-electron chi connectivity index (χ2n) is 17.6. The van der Waals surface area contributed by atoms with E-state index in [1.165, 1.54) is 11.1 Å². The highest BCUT2D eigenvalue weighted by atomic mass is 35.5. The zero-order valence-electron chi connectivity index (χ0n) is 33.0. The lowest BCUT2D eigenvalue weighted by molar-refractivity contribution is -0.110. The van der Waals surface area contributed by atoms with Crippen molar-refractivity contribution in [3.63, 3.8) is 0 Å². The summed E-state index contributed by atoms with van der Waals surface area (Å²) in [5.74, 6) is 1.12. The average Bonchev–Trinajstić information content (AvgIpc) is 4.04. The molecule has 7 aromatic rings. The Labute approximate surface area is 365 Å². The van der Waals surface area contributed by atoms with E-state index in [1.54, 1.807) is 6.08 Å². The van der Waals surface area contributed by atoms with Crippen LogP contribution in [0.5, 0.6) is 0 Å². The molecule has 0 aromatic heterocycles. The van der Waals surface area contributed by atoms with E-state index in [-0.39, 0.29) is 5.78 Å². The van der Waals surface area contributed by atoms with Gasteiger partial charge in [0.1, 0.15) is 0 Å². The first-order chi connectivity index (χ1) is 30.4. The summed E-state index contributed by atoms with van der Waals surface area (Å²) >= 11 is 14.3. The molecule has 3 heterocycles. The summed E-state index contributed by atoms with van der Waals surface area (Å²) < 4.78 is 7.49. The van der Waals surface area contributed by atoms with Crippen LogP contribution in [0.15, 0.2) is 138 Å². The standard InChI is InChI=1S/C54H32Cl2N4O2/c1-2-3-10-30-29-13-6-9-16-37(29)54-52(30)62-51-44(50(61)45(51)34-22-26-18-20-32-39(56)24-41(58-54)47(43(26)32)49(34)60-54)33-21-25-17-19-31-38(55)23-40-46(42(25)31)48(33)59-53(57-40)35-14-7-4-11-27(35)28-12-5-8-15-36(28)53/h2-16,21-24,57,59-60H,1,17-20H2/b10-3-,45-34-. The summed E-state index contributed by atoms with van der Waals surface area (Å²) in [7, 11) is 0. The van der Waals surface area contributed by atoms with Crippen LogP contribution >= 0.6 is 23.2 Å². The van der Waals surface area contributed by atoms with Gasteiger partial charge in [0.2, 0.25) is 11.4 Å². The van der Waals surface area contributed by atoms with Crippen molar-refractivity contribution in [2.75, 3.05) is 16.0 Å². The summed E-state index contributed by atoms with van der Waals surface area (Å²) in [4.78, 5) is 21.2. The molecule has 7 aromatic carbocycles. The van der Waals surface area contributed by atoms with Crippen LogP contribution in [0.2, 0.25) is 10.0 Å². The molecule has 1 unspecified atom stereocenters. The fourth-order valence-corrected chi connectivity index (χ4v) is 12.9. The number of rotatable bonds is 3. The van der Waals surface area contributed by atoms with Gasteiger partial charge in [-0.1, -0.05) is 121 Å². The van der Waals surface area contributed by atoms with Gasteiger partial charge in [0, 0.05) is 59.6 Å². The smallest absolute Gasteiger partial charge is 0.216 e. The first-order valence-electron chi connectivity index (χ1n) is 21.3. The molecule has 294 valence electrons. The fourth-order valence-electron chi connectivity index (χ4n) is 12.3. The summed E-state index contributed by atoms with van der Waals surface area (Å²) in [6.07, 6.45) is 9.06. The molecule has 3 N–H and O–H groups in total. The van der Waals surface area contributed by atoms with Crippen LogP contribution in [0.1, 0.15) is 50.1 Å². The minimum absolute atomic E-state index is 0.0502. The highest BCUT2D eigenvalue weighted by Crippen LogP contribution is 2.60. The highest BCUT2D eigenvalue weighted by Gasteiger charge is 2.54. The second kappa shape index (κ2) is 11.1. The van der Waals surface area contributed by atoms with E-state index in [0.29, 0.717) is 22.7 Å². The molecule has 6 nitrogen and oxygen atoms in total. The van der Waals surface area contributed by atoms with Crippen LogP contribution in [0, 0.1) is 0 Å². The second-order valence-corrected chi connectivity index (χ2v) is 18.4. The van der Waals surface area contributed by atoms with Gasteiger partial charge in [0.05, 0.1) is 27.9 Å². The lowest BCUT2D eigenvalue weighted by atomic mass is 9.77. The maximum atomic E-state index is 15.6. The highest BCUT2D eigenvalue weighted by molar-refractivity contribution is 6.53. The first-order valence-corrected chi connectivity index (χ1v) is 22.0. The molecule has 2 spiro atoms. The topological polar surface area (TPSA) is 74.8 Å². The van der Waals surface area contributed by atoms with E-state index in [4.69, 9.17) is 32.9 Å². The molecule has 8 aliphatic rings. The predicted molar refractivity (Wildman–Crippen MR) is 248 cm³/mol. The molecule has 0 fully saturated rings. The number of ketones is 1. The van der Waals surface area contributed by atoms with Gasteiger partial charge in [-0.3, -0.25) is 4.79 Å². The minimum Gasteiger partial charge on any atom is -0.454 e. The van der Waals surface area contributed by atoms with Gasteiger partial charge < -0.3 is 20.7 Å². The number of allylic oxidation sites excluding steroid dienone is 6. The Hall–Kier alpha value is -6.86. The number of aryl methyl sites for hydroxylation is 4. The molecule has 1 atom stereocenters. The Morgan fingerprint density at radius 2 is 1.32 bits per heavy atom. The average molecular weight is 840 g/mol. The molecule has 0 radical (unpaired) electrons. The number of anilines is 3. The van der Waals surface area contributed by atoms with Crippen molar-refractivity contribution in [1.29, 1.82) is 0 Å². The molecular formula is C54H32Cl2N4O2. The molecule has 15 rings (SSSR count). The van der Waals surface area contributed by atoms with Crippen molar-refractivity contribution in [3.8, 4) is 11.1 Å². The van der Waals surface area contributed by atoms with Gasteiger partial charge in [-0.2, -0.15) is 0 Å². The first kappa shape index (κ1) is 33.8. The van der Waals surface area contributed by atoms with E-state index in [1.807, 2.05) is 30.4 Å². The Kier molecular flexibility index (Phi) is 6.08. The molecule has 5 aliphatic carbocycles. The van der Waals surface area contributed by atoms with Crippen molar-refractivity contribution in [2.24, 2.45) is 4.99 Å². The zero-order chi connectivity index (χ0) is 41.0. The van der Waals surface area contributed by atoms with Gasteiger partial charge in [0.25, 0.3) is 0 Å². The summed E-state index contributed by atoms with van der Waals surface area (Å²) in [6.45, 7) is 4.01. The van der Waals surface area contributed by atoms with E-state index >= 15 is 4.79 Å². The van der Waals surface area contributed by atoms with Crippen molar-refractivity contribution in [3.05, 3.63) is 204 Å². The third kappa shape index (κ3) is 3.76. The van der Waals surface area contributed by atoms with Crippen LogP contribution in [-0.4, -0.2) is 5.78 Å². The minimum atomic E-state index is -1.14. The summed E-state index contributed by atoms with van der Waals surface area (Å²) in [5.41, 5.74) is 14.7. The molecule has 62 heavy (non-hydrogen) atoms. The number of carbonyl (C=O) groups excluding carboxylic acids is 1. The third-order valence-electron chi connectivity index (χ3n) is 14.8. The Morgan fingerprint density at radius 3 is 2.06 bits per heavy atom. The Bertz CT molecular complexity index is 3680. The van der Waals surface area contributed by atoms with Crippen molar-refractivity contribution >= 4 is 84.3 Å². The fraction of sp³-hybridized carbons (Fsp3) is 0.111. The number of hydrogen-bond donors (Lipinski definition) is 3. The molecule has 8 heteroatoms. The van der Waals surface area contributed by atoms with Crippen LogP contribution in [0.4, 0.5) is 17.1 Å². The quantitative estimate of drug-likeness (QED) is 0.155. The predicted octanol–water partition coefficient (Wildman–Crippen LogP) is 10.8. The van der Waals surface area contributed by atoms with Crippen LogP contribution in [0.3, 0.4) is 0 Å². The van der Waals surface area contributed by atoms with Gasteiger partial charge >= 0.3 is 0 Å². The number of nitrogens with one attached hydrogen (secondary N) is 3. The number of fused-ring (bicyclic) bond motifs is 7. The van der Waals surface area contributed by atoms with E-state index in [0.717, 1.165) is 141 Å². The maximum Gasteiger partial charge on any atom is 0.216 e. The van der Waals surface area contributed by atoms with Gasteiger partial charge in [-0.15, -0.1) is 0 Å². The zero-order valence-corrected chi connectivity index (χ0v) is 34.5. The van der Waals surface area contributed by atoms with E-state index < -0.39 is 11.3 Å². The maximum absolute atomic E-state index is 15.6. The van der Waals surface area contributed by atoms with Gasteiger partial charge in [0.15, 0.2) is 17.2 Å². The largest absolute Gasteiger partial charge is 0.454 e. The SMILES string of the molecule is C=C/C=C\C1=C2OC3=C(c4cc5c6c(c(Cl)cc7c6c4NC4(N7)c6ccccc6-c6ccccc64)CC5)C(=O)/C3=c3\cc4c5c(c(Cl)cc6c5c3NC2(N=6)c2ccccc21)CC4.